The smallest absolute Gasteiger partial charge is 0.153 e. The fraction of sp³-hybridized carbons (Fsp3) is 0.500. The average Bonchev–Trinajstić information content (AvgIpc) is 2.37. The molecule has 1 fully saturated rings. The Hall–Kier alpha value is -1.40. The summed E-state index contributed by atoms with van der Waals surface area (Å²) in [5.74, 6) is 0.964. The van der Waals surface area contributed by atoms with Gasteiger partial charge in [-0.05, 0) is 17.7 Å². The van der Waals surface area contributed by atoms with Crippen LogP contribution >= 0.6 is 0 Å². The summed E-state index contributed by atoms with van der Waals surface area (Å²) in [7, 11) is -1.41. The first-order valence-electron chi connectivity index (χ1n) is 6.57. The Morgan fingerprint density at radius 2 is 2.25 bits per heavy atom. The SMILES string of the molecule is COc1cccc(CC(=O)CC2CS(=O)(=O)CCN2)c1. The van der Waals surface area contributed by atoms with Crippen molar-refractivity contribution in [2.45, 2.75) is 18.9 Å². The third kappa shape index (κ3) is 4.31. The van der Waals surface area contributed by atoms with Crippen molar-refractivity contribution in [2.75, 3.05) is 25.2 Å². The zero-order chi connectivity index (χ0) is 14.6. The predicted molar refractivity (Wildman–Crippen MR) is 76.8 cm³/mol. The molecule has 20 heavy (non-hydrogen) atoms. The van der Waals surface area contributed by atoms with Gasteiger partial charge in [0.1, 0.15) is 11.5 Å². The van der Waals surface area contributed by atoms with Crippen molar-refractivity contribution in [2.24, 2.45) is 0 Å². The van der Waals surface area contributed by atoms with Crippen LogP contribution in [0, 0.1) is 0 Å². The Balaban J connectivity index is 1.92. The molecule has 6 heteroatoms. The Morgan fingerprint density at radius 1 is 1.45 bits per heavy atom. The molecule has 1 saturated heterocycles. The van der Waals surface area contributed by atoms with Crippen LogP contribution in [0.1, 0.15) is 12.0 Å². The highest BCUT2D eigenvalue weighted by Gasteiger charge is 2.25. The van der Waals surface area contributed by atoms with Gasteiger partial charge in [0.05, 0.1) is 18.6 Å². The topological polar surface area (TPSA) is 72.5 Å². The van der Waals surface area contributed by atoms with Crippen LogP contribution in [0.3, 0.4) is 0 Å². The van der Waals surface area contributed by atoms with Crippen molar-refractivity contribution < 1.29 is 17.9 Å². The van der Waals surface area contributed by atoms with Crippen LogP contribution in [0.4, 0.5) is 0 Å². The molecule has 1 aromatic rings. The minimum absolute atomic E-state index is 0.0350. The molecule has 1 aliphatic rings. The lowest BCUT2D eigenvalue weighted by Gasteiger charge is -2.23. The number of benzene rings is 1. The van der Waals surface area contributed by atoms with E-state index in [0.29, 0.717) is 18.7 Å². The summed E-state index contributed by atoms with van der Waals surface area (Å²) in [4.78, 5) is 12.0. The normalized spacial score (nSPS) is 21.4. The fourth-order valence-corrected chi connectivity index (χ4v) is 3.80. The zero-order valence-corrected chi connectivity index (χ0v) is 12.3. The second-order valence-electron chi connectivity index (χ2n) is 5.04. The van der Waals surface area contributed by atoms with E-state index >= 15 is 0 Å². The van der Waals surface area contributed by atoms with E-state index in [1.807, 2.05) is 24.3 Å². The molecule has 0 saturated carbocycles. The van der Waals surface area contributed by atoms with Crippen LogP contribution in [-0.4, -0.2) is 45.4 Å². The van der Waals surface area contributed by atoms with Gasteiger partial charge in [-0.2, -0.15) is 0 Å². The van der Waals surface area contributed by atoms with Crippen LogP contribution in [0.25, 0.3) is 0 Å². The minimum Gasteiger partial charge on any atom is -0.497 e. The maximum Gasteiger partial charge on any atom is 0.153 e. The van der Waals surface area contributed by atoms with E-state index in [9.17, 15) is 13.2 Å². The van der Waals surface area contributed by atoms with Crippen molar-refractivity contribution in [3.05, 3.63) is 29.8 Å². The number of carbonyl (C=O) groups excluding carboxylic acids is 1. The maximum absolute atomic E-state index is 12.0. The predicted octanol–water partition coefficient (Wildman–Crippen LogP) is 0.584. The summed E-state index contributed by atoms with van der Waals surface area (Å²) in [6.45, 7) is 0.430. The second kappa shape index (κ2) is 6.37. The highest BCUT2D eigenvalue weighted by Crippen LogP contribution is 2.14. The van der Waals surface area contributed by atoms with Crippen molar-refractivity contribution in [1.82, 2.24) is 5.32 Å². The Bertz CT molecular complexity index is 583. The summed E-state index contributed by atoms with van der Waals surface area (Å²) >= 11 is 0. The van der Waals surface area contributed by atoms with Crippen molar-refractivity contribution in [3.8, 4) is 5.75 Å². The second-order valence-corrected chi connectivity index (χ2v) is 7.27. The molecule has 5 nitrogen and oxygen atoms in total. The standard InChI is InChI=1S/C14H19NO4S/c1-19-14-4-2-3-11(8-14)7-13(16)9-12-10-20(17,18)6-5-15-12/h2-4,8,12,15H,5-7,9-10H2,1H3. The van der Waals surface area contributed by atoms with Crippen LogP contribution < -0.4 is 10.1 Å². The molecule has 1 atom stereocenters. The number of carbonyl (C=O) groups is 1. The number of ether oxygens (including phenoxy) is 1. The Labute approximate surface area is 119 Å². The molecule has 0 bridgehead atoms. The molecule has 1 aliphatic heterocycles. The van der Waals surface area contributed by atoms with E-state index < -0.39 is 9.84 Å². The molecule has 1 heterocycles. The molecule has 0 spiro atoms. The average molecular weight is 297 g/mol. The van der Waals surface area contributed by atoms with E-state index in [4.69, 9.17) is 4.74 Å². The highest BCUT2D eigenvalue weighted by molar-refractivity contribution is 7.91. The van der Waals surface area contributed by atoms with Gasteiger partial charge in [0.2, 0.25) is 0 Å². The number of methoxy groups -OCH3 is 1. The largest absolute Gasteiger partial charge is 0.497 e. The molecule has 1 N–H and O–H groups in total. The molecule has 2 rings (SSSR count). The van der Waals surface area contributed by atoms with Gasteiger partial charge in [0, 0.05) is 25.4 Å². The lowest BCUT2D eigenvalue weighted by Crippen LogP contribution is -2.46. The van der Waals surface area contributed by atoms with Gasteiger partial charge in [-0.25, -0.2) is 8.42 Å². The quantitative estimate of drug-likeness (QED) is 0.861. The van der Waals surface area contributed by atoms with Gasteiger partial charge in [-0.3, -0.25) is 4.79 Å². The lowest BCUT2D eigenvalue weighted by atomic mass is 10.0. The van der Waals surface area contributed by atoms with Crippen molar-refractivity contribution >= 4 is 15.6 Å². The summed E-state index contributed by atoms with van der Waals surface area (Å²) in [5.41, 5.74) is 0.882. The van der Waals surface area contributed by atoms with Gasteiger partial charge in [-0.1, -0.05) is 12.1 Å². The summed E-state index contributed by atoms with van der Waals surface area (Å²) in [5, 5.41) is 3.09. The number of Topliss-reactive ketones (excluding diaryl/α,β-unsaturated/α-hetero) is 1. The van der Waals surface area contributed by atoms with E-state index in [1.54, 1.807) is 7.11 Å². The number of hydrogen-bond acceptors (Lipinski definition) is 5. The number of sulfone groups is 1. The van der Waals surface area contributed by atoms with Crippen molar-refractivity contribution in [1.29, 1.82) is 0 Å². The van der Waals surface area contributed by atoms with Gasteiger partial charge in [-0.15, -0.1) is 0 Å². The molecular formula is C14H19NO4S. The third-order valence-electron chi connectivity index (χ3n) is 3.31. The molecule has 1 aromatic carbocycles. The number of nitrogens with one attached hydrogen (secondary N) is 1. The highest BCUT2D eigenvalue weighted by atomic mass is 32.2. The molecule has 0 radical (unpaired) electrons. The van der Waals surface area contributed by atoms with Gasteiger partial charge in [0.15, 0.2) is 9.84 Å². The number of hydrogen-bond donors (Lipinski definition) is 1. The number of ketones is 1. The first-order valence-corrected chi connectivity index (χ1v) is 8.39. The van der Waals surface area contributed by atoms with Crippen LogP contribution in [0.2, 0.25) is 0 Å². The first kappa shape index (κ1) is 15.0. The lowest BCUT2D eigenvalue weighted by molar-refractivity contribution is -0.118. The monoisotopic (exact) mass is 297 g/mol. The Kier molecular flexibility index (Phi) is 4.77. The summed E-state index contributed by atoms with van der Waals surface area (Å²) in [6.07, 6.45) is 0.547. The molecule has 1 unspecified atom stereocenters. The van der Waals surface area contributed by atoms with Gasteiger partial charge in [0.25, 0.3) is 0 Å². The third-order valence-corrected chi connectivity index (χ3v) is 5.05. The van der Waals surface area contributed by atoms with Gasteiger partial charge >= 0.3 is 0 Å². The maximum atomic E-state index is 12.0. The van der Waals surface area contributed by atoms with Gasteiger partial charge < -0.3 is 10.1 Å². The number of rotatable bonds is 5. The molecular weight excluding hydrogens is 278 g/mol. The van der Waals surface area contributed by atoms with E-state index in [1.165, 1.54) is 0 Å². The van der Waals surface area contributed by atoms with Crippen LogP contribution in [0.5, 0.6) is 5.75 Å². The molecule has 0 aliphatic carbocycles. The van der Waals surface area contributed by atoms with Crippen LogP contribution in [-0.2, 0) is 21.1 Å². The zero-order valence-electron chi connectivity index (χ0n) is 11.5. The fourth-order valence-electron chi connectivity index (χ4n) is 2.36. The van der Waals surface area contributed by atoms with E-state index in [-0.39, 0.29) is 29.8 Å². The molecule has 110 valence electrons. The molecule has 0 amide bonds. The molecule has 0 aromatic heterocycles. The minimum atomic E-state index is -3.00. The van der Waals surface area contributed by atoms with E-state index in [0.717, 1.165) is 5.56 Å². The summed E-state index contributed by atoms with van der Waals surface area (Å²) < 4.78 is 28.1. The first-order chi connectivity index (χ1) is 9.48. The Morgan fingerprint density at radius 3 is 2.95 bits per heavy atom. The van der Waals surface area contributed by atoms with E-state index in [2.05, 4.69) is 5.32 Å². The van der Waals surface area contributed by atoms with Crippen molar-refractivity contribution in [3.63, 3.8) is 0 Å². The van der Waals surface area contributed by atoms with Crippen LogP contribution in [0.15, 0.2) is 24.3 Å². The summed E-state index contributed by atoms with van der Waals surface area (Å²) in [6, 6.07) is 7.09.